The first-order valence-corrected chi connectivity index (χ1v) is 5.37. The third kappa shape index (κ3) is 3.06. The van der Waals surface area contributed by atoms with E-state index in [0.29, 0.717) is 5.76 Å². The van der Waals surface area contributed by atoms with Gasteiger partial charge in [0.15, 0.2) is 0 Å². The van der Waals surface area contributed by atoms with Crippen molar-refractivity contribution in [3.8, 4) is 0 Å². The molecule has 0 spiro atoms. The van der Waals surface area contributed by atoms with Crippen molar-refractivity contribution < 1.29 is 14.3 Å². The smallest absolute Gasteiger partial charge is 0.129 e. The van der Waals surface area contributed by atoms with E-state index in [1.54, 1.807) is 0 Å². The number of hydrogen-bond acceptors (Lipinski definition) is 4. The minimum Gasteiger partial charge on any atom is -0.462 e. The summed E-state index contributed by atoms with van der Waals surface area (Å²) >= 11 is 0. The monoisotopic (exact) mass is 211 g/mol. The van der Waals surface area contributed by atoms with Crippen LogP contribution in [0.1, 0.15) is 17.9 Å². The number of aliphatic hydroxyl groups is 1. The molecule has 1 fully saturated rings. The number of rotatable bonds is 3. The Balaban J connectivity index is 1.89. The molecule has 0 bridgehead atoms. The largest absolute Gasteiger partial charge is 0.462 e. The van der Waals surface area contributed by atoms with Gasteiger partial charge in [-0.2, -0.15) is 0 Å². The molecule has 0 saturated carbocycles. The van der Waals surface area contributed by atoms with Crippen molar-refractivity contribution in [3.63, 3.8) is 0 Å². The second-order valence-corrected chi connectivity index (χ2v) is 3.77. The van der Waals surface area contributed by atoms with Gasteiger partial charge in [0.2, 0.25) is 0 Å². The van der Waals surface area contributed by atoms with Gasteiger partial charge in [0, 0.05) is 19.7 Å². The predicted molar refractivity (Wildman–Crippen MR) is 55.3 cm³/mol. The topological polar surface area (TPSA) is 45.8 Å². The summed E-state index contributed by atoms with van der Waals surface area (Å²) in [6.07, 6.45) is 1.08. The SMILES string of the molecule is OCc1ccc(CN2CCCOCC2)o1. The molecular weight excluding hydrogens is 194 g/mol. The summed E-state index contributed by atoms with van der Waals surface area (Å²) in [6.45, 7) is 4.45. The van der Waals surface area contributed by atoms with Crippen molar-refractivity contribution in [2.45, 2.75) is 19.6 Å². The molecule has 1 aliphatic rings. The maximum atomic E-state index is 8.87. The maximum absolute atomic E-state index is 8.87. The molecule has 1 aromatic heterocycles. The Morgan fingerprint density at radius 1 is 1.20 bits per heavy atom. The van der Waals surface area contributed by atoms with E-state index in [4.69, 9.17) is 14.3 Å². The van der Waals surface area contributed by atoms with Crippen molar-refractivity contribution in [2.24, 2.45) is 0 Å². The van der Waals surface area contributed by atoms with E-state index in [0.717, 1.165) is 45.0 Å². The minimum atomic E-state index is -0.0247. The molecular formula is C11H17NO3. The Bertz CT molecular complexity index is 290. The Kier molecular flexibility index (Phi) is 3.77. The van der Waals surface area contributed by atoms with Crippen LogP contribution in [-0.2, 0) is 17.9 Å². The van der Waals surface area contributed by atoms with Crippen LogP contribution in [0, 0.1) is 0 Å². The van der Waals surface area contributed by atoms with Gasteiger partial charge in [-0.15, -0.1) is 0 Å². The van der Waals surface area contributed by atoms with Crippen LogP contribution in [0.3, 0.4) is 0 Å². The Morgan fingerprint density at radius 3 is 2.87 bits per heavy atom. The normalized spacial score (nSPS) is 19.0. The number of hydrogen-bond donors (Lipinski definition) is 1. The first-order chi connectivity index (χ1) is 7.38. The standard InChI is InChI=1S/C11H17NO3/c13-9-11-3-2-10(15-11)8-12-4-1-6-14-7-5-12/h2-3,13H,1,4-9H2. The summed E-state index contributed by atoms with van der Waals surface area (Å²) in [5.74, 6) is 1.55. The molecule has 4 nitrogen and oxygen atoms in total. The number of ether oxygens (including phenoxy) is 1. The zero-order valence-corrected chi connectivity index (χ0v) is 8.82. The van der Waals surface area contributed by atoms with Gasteiger partial charge in [-0.25, -0.2) is 0 Å². The van der Waals surface area contributed by atoms with E-state index in [2.05, 4.69) is 4.90 Å². The summed E-state index contributed by atoms with van der Waals surface area (Å²) in [4.78, 5) is 2.31. The molecule has 0 atom stereocenters. The van der Waals surface area contributed by atoms with Gasteiger partial charge in [-0.1, -0.05) is 0 Å². The molecule has 0 unspecified atom stereocenters. The highest BCUT2D eigenvalue weighted by molar-refractivity contribution is 5.06. The molecule has 1 aliphatic heterocycles. The van der Waals surface area contributed by atoms with Gasteiger partial charge in [0.1, 0.15) is 18.1 Å². The fourth-order valence-corrected chi connectivity index (χ4v) is 1.77. The van der Waals surface area contributed by atoms with Gasteiger partial charge >= 0.3 is 0 Å². The van der Waals surface area contributed by atoms with Crippen LogP contribution in [0.2, 0.25) is 0 Å². The summed E-state index contributed by atoms with van der Waals surface area (Å²) in [5, 5.41) is 8.87. The Hall–Kier alpha value is -0.840. The molecule has 84 valence electrons. The molecule has 4 heteroatoms. The van der Waals surface area contributed by atoms with Crippen LogP contribution in [0.4, 0.5) is 0 Å². The van der Waals surface area contributed by atoms with Crippen LogP contribution in [-0.4, -0.2) is 36.3 Å². The van der Waals surface area contributed by atoms with Gasteiger partial charge in [0.05, 0.1) is 13.2 Å². The molecule has 15 heavy (non-hydrogen) atoms. The lowest BCUT2D eigenvalue weighted by Gasteiger charge is -2.16. The Morgan fingerprint density at radius 2 is 2.07 bits per heavy atom. The summed E-state index contributed by atoms with van der Waals surface area (Å²) in [5.41, 5.74) is 0. The minimum absolute atomic E-state index is 0.0247. The van der Waals surface area contributed by atoms with E-state index in [1.807, 2.05) is 12.1 Å². The van der Waals surface area contributed by atoms with Gasteiger partial charge in [-0.05, 0) is 18.6 Å². The van der Waals surface area contributed by atoms with Crippen LogP contribution >= 0.6 is 0 Å². The first-order valence-electron chi connectivity index (χ1n) is 5.37. The summed E-state index contributed by atoms with van der Waals surface area (Å²) < 4.78 is 10.8. The third-order valence-corrected chi connectivity index (χ3v) is 2.57. The van der Waals surface area contributed by atoms with Crippen LogP contribution in [0.15, 0.2) is 16.5 Å². The molecule has 1 aromatic rings. The molecule has 0 amide bonds. The van der Waals surface area contributed by atoms with Crippen molar-refractivity contribution in [1.82, 2.24) is 4.90 Å². The lowest BCUT2D eigenvalue weighted by molar-refractivity contribution is 0.138. The molecule has 0 radical (unpaired) electrons. The second kappa shape index (κ2) is 5.30. The van der Waals surface area contributed by atoms with E-state index in [-0.39, 0.29) is 6.61 Å². The van der Waals surface area contributed by atoms with E-state index in [9.17, 15) is 0 Å². The number of aliphatic hydroxyl groups excluding tert-OH is 1. The quantitative estimate of drug-likeness (QED) is 0.810. The maximum Gasteiger partial charge on any atom is 0.129 e. The lowest BCUT2D eigenvalue weighted by atomic mass is 10.3. The molecule has 1 saturated heterocycles. The van der Waals surface area contributed by atoms with Crippen LogP contribution < -0.4 is 0 Å². The van der Waals surface area contributed by atoms with Crippen LogP contribution in [0.25, 0.3) is 0 Å². The number of furan rings is 1. The lowest BCUT2D eigenvalue weighted by Crippen LogP contribution is -2.25. The molecule has 1 N–H and O–H groups in total. The highest BCUT2D eigenvalue weighted by Crippen LogP contribution is 2.11. The average Bonchev–Trinajstić information content (AvgIpc) is 2.54. The Labute approximate surface area is 89.4 Å². The molecule has 2 heterocycles. The molecule has 0 aliphatic carbocycles. The zero-order chi connectivity index (χ0) is 10.5. The van der Waals surface area contributed by atoms with Crippen molar-refractivity contribution in [2.75, 3.05) is 26.3 Å². The fraction of sp³-hybridized carbons (Fsp3) is 0.636. The predicted octanol–water partition coefficient (Wildman–Crippen LogP) is 0.994. The van der Waals surface area contributed by atoms with Crippen molar-refractivity contribution in [1.29, 1.82) is 0 Å². The highest BCUT2D eigenvalue weighted by Gasteiger charge is 2.11. The highest BCUT2D eigenvalue weighted by atomic mass is 16.5. The second-order valence-electron chi connectivity index (χ2n) is 3.77. The van der Waals surface area contributed by atoms with Crippen LogP contribution in [0.5, 0.6) is 0 Å². The van der Waals surface area contributed by atoms with E-state index >= 15 is 0 Å². The molecule has 2 rings (SSSR count). The van der Waals surface area contributed by atoms with Crippen molar-refractivity contribution in [3.05, 3.63) is 23.7 Å². The van der Waals surface area contributed by atoms with E-state index < -0.39 is 0 Å². The zero-order valence-electron chi connectivity index (χ0n) is 8.82. The molecule has 0 aromatic carbocycles. The summed E-state index contributed by atoms with van der Waals surface area (Å²) in [7, 11) is 0. The van der Waals surface area contributed by atoms with Gasteiger partial charge < -0.3 is 14.3 Å². The van der Waals surface area contributed by atoms with Crippen molar-refractivity contribution >= 4 is 0 Å². The summed E-state index contributed by atoms with van der Waals surface area (Å²) in [6, 6.07) is 3.75. The third-order valence-electron chi connectivity index (χ3n) is 2.57. The van der Waals surface area contributed by atoms with Gasteiger partial charge in [0.25, 0.3) is 0 Å². The fourth-order valence-electron chi connectivity index (χ4n) is 1.77. The first kappa shape index (κ1) is 10.7. The van der Waals surface area contributed by atoms with Gasteiger partial charge in [-0.3, -0.25) is 4.90 Å². The van der Waals surface area contributed by atoms with E-state index in [1.165, 1.54) is 0 Å². The number of nitrogens with zero attached hydrogens (tertiary/aromatic N) is 1. The average molecular weight is 211 g/mol.